The van der Waals surface area contributed by atoms with Crippen molar-refractivity contribution < 1.29 is 19.4 Å². The van der Waals surface area contributed by atoms with E-state index in [0.29, 0.717) is 6.42 Å². The topological polar surface area (TPSA) is 75.6 Å². The van der Waals surface area contributed by atoms with Gasteiger partial charge in [0.15, 0.2) is 0 Å². The largest absolute Gasteiger partial charge is 0.480 e. The summed E-state index contributed by atoms with van der Waals surface area (Å²) in [6.45, 7) is 5.49. The fraction of sp³-hybridized carbons (Fsp3) is 0.636. The van der Waals surface area contributed by atoms with E-state index in [1.165, 1.54) is 6.08 Å². The Kier molecular flexibility index (Phi) is 3.93. The van der Waals surface area contributed by atoms with Gasteiger partial charge in [-0.05, 0) is 24.7 Å². The van der Waals surface area contributed by atoms with Gasteiger partial charge in [-0.3, -0.25) is 0 Å². The average molecular weight is 227 g/mol. The number of nitrogens with one attached hydrogen (secondary N) is 1. The van der Waals surface area contributed by atoms with Crippen molar-refractivity contribution in [3.63, 3.8) is 0 Å². The highest BCUT2D eigenvalue weighted by Gasteiger charge is 2.41. The maximum atomic E-state index is 11.2. The Morgan fingerprint density at radius 3 is 2.69 bits per heavy atom. The van der Waals surface area contributed by atoms with E-state index in [0.717, 1.165) is 12.8 Å². The molecule has 5 heteroatoms. The first-order valence-electron chi connectivity index (χ1n) is 5.24. The van der Waals surface area contributed by atoms with Gasteiger partial charge < -0.3 is 15.2 Å². The summed E-state index contributed by atoms with van der Waals surface area (Å²) in [5.74, 6) is -1.02. The Morgan fingerprint density at radius 2 is 2.25 bits per heavy atom. The summed E-state index contributed by atoms with van der Waals surface area (Å²) >= 11 is 0. The standard InChI is InChI=1S/C11H17NO4/c1-3-6-16-10(15)12-8(9(13)14)7-11(2)4-5-11/h3,8H,1,4-7H2,2H3,(H,12,15)(H,13,14). The van der Waals surface area contributed by atoms with Crippen LogP contribution >= 0.6 is 0 Å². The summed E-state index contributed by atoms with van der Waals surface area (Å²) < 4.78 is 4.68. The number of carbonyl (C=O) groups excluding carboxylic acids is 1. The summed E-state index contributed by atoms with van der Waals surface area (Å²) in [6.07, 6.45) is 3.19. The van der Waals surface area contributed by atoms with Crippen molar-refractivity contribution in [2.75, 3.05) is 6.61 Å². The molecule has 5 nitrogen and oxygen atoms in total. The molecule has 16 heavy (non-hydrogen) atoms. The highest BCUT2D eigenvalue weighted by molar-refractivity contribution is 5.80. The van der Waals surface area contributed by atoms with Crippen LogP contribution in [0.25, 0.3) is 0 Å². The summed E-state index contributed by atoms with van der Waals surface area (Å²) in [5, 5.41) is 11.3. The number of carboxylic acid groups (broad SMARTS) is 1. The average Bonchev–Trinajstić information content (AvgIpc) is 2.92. The quantitative estimate of drug-likeness (QED) is 0.675. The third-order valence-electron chi connectivity index (χ3n) is 2.72. The Balaban J connectivity index is 2.41. The van der Waals surface area contributed by atoms with Gasteiger partial charge in [0.2, 0.25) is 0 Å². The molecule has 0 aromatic heterocycles. The van der Waals surface area contributed by atoms with Gasteiger partial charge in [-0.2, -0.15) is 0 Å². The number of carboxylic acids is 1. The molecule has 0 aromatic carbocycles. The lowest BCUT2D eigenvalue weighted by atomic mass is 9.99. The zero-order chi connectivity index (χ0) is 12.2. The van der Waals surface area contributed by atoms with Crippen LogP contribution in [0.2, 0.25) is 0 Å². The molecule has 0 radical (unpaired) electrons. The van der Waals surface area contributed by atoms with Gasteiger partial charge in [-0.15, -0.1) is 0 Å². The van der Waals surface area contributed by atoms with E-state index >= 15 is 0 Å². The lowest BCUT2D eigenvalue weighted by Crippen LogP contribution is -2.42. The van der Waals surface area contributed by atoms with E-state index in [-0.39, 0.29) is 12.0 Å². The molecule has 1 rings (SSSR count). The molecule has 1 amide bonds. The van der Waals surface area contributed by atoms with Crippen LogP contribution in [0.3, 0.4) is 0 Å². The van der Waals surface area contributed by atoms with Crippen LogP contribution < -0.4 is 5.32 Å². The van der Waals surface area contributed by atoms with Gasteiger partial charge in [0.05, 0.1) is 0 Å². The smallest absolute Gasteiger partial charge is 0.408 e. The normalized spacial score (nSPS) is 18.3. The first-order valence-corrected chi connectivity index (χ1v) is 5.24. The van der Waals surface area contributed by atoms with E-state index in [9.17, 15) is 9.59 Å². The maximum Gasteiger partial charge on any atom is 0.408 e. The first-order chi connectivity index (χ1) is 7.47. The summed E-state index contributed by atoms with van der Waals surface area (Å²) in [7, 11) is 0. The third kappa shape index (κ3) is 3.92. The van der Waals surface area contributed by atoms with Gasteiger partial charge >= 0.3 is 12.1 Å². The van der Waals surface area contributed by atoms with Crippen LogP contribution in [0.15, 0.2) is 12.7 Å². The molecule has 0 bridgehead atoms. The number of aliphatic carboxylic acids is 1. The van der Waals surface area contributed by atoms with Crippen molar-refractivity contribution in [3.8, 4) is 0 Å². The molecule has 1 unspecified atom stereocenters. The second kappa shape index (κ2) is 5.01. The molecule has 0 saturated heterocycles. The Bertz CT molecular complexity index is 296. The first kappa shape index (κ1) is 12.5. The van der Waals surface area contributed by atoms with Gasteiger partial charge in [-0.25, -0.2) is 9.59 Å². The number of rotatable bonds is 6. The molecule has 1 fully saturated rings. The summed E-state index contributed by atoms with van der Waals surface area (Å²) in [4.78, 5) is 22.1. The second-order valence-electron chi connectivity index (χ2n) is 4.44. The minimum Gasteiger partial charge on any atom is -0.480 e. The Labute approximate surface area is 94.5 Å². The Morgan fingerprint density at radius 1 is 1.62 bits per heavy atom. The molecule has 1 aliphatic carbocycles. The molecule has 0 heterocycles. The van der Waals surface area contributed by atoms with Gasteiger partial charge in [0, 0.05) is 0 Å². The molecular weight excluding hydrogens is 210 g/mol. The predicted octanol–water partition coefficient (Wildman–Crippen LogP) is 1.54. The van der Waals surface area contributed by atoms with Crippen molar-refractivity contribution in [2.45, 2.75) is 32.2 Å². The van der Waals surface area contributed by atoms with Gasteiger partial charge in [0.25, 0.3) is 0 Å². The number of carbonyl (C=O) groups is 2. The van der Waals surface area contributed by atoms with E-state index in [1.807, 2.05) is 6.92 Å². The zero-order valence-corrected chi connectivity index (χ0v) is 9.36. The number of amides is 1. The fourth-order valence-corrected chi connectivity index (χ4v) is 1.43. The minimum atomic E-state index is -1.02. The van der Waals surface area contributed by atoms with Gasteiger partial charge in [0.1, 0.15) is 12.6 Å². The van der Waals surface area contributed by atoms with E-state index in [2.05, 4.69) is 16.6 Å². The van der Waals surface area contributed by atoms with Crippen molar-refractivity contribution in [1.29, 1.82) is 0 Å². The third-order valence-corrected chi connectivity index (χ3v) is 2.72. The van der Waals surface area contributed by atoms with E-state index in [4.69, 9.17) is 5.11 Å². The molecule has 1 saturated carbocycles. The van der Waals surface area contributed by atoms with Crippen LogP contribution in [-0.4, -0.2) is 29.8 Å². The molecule has 2 N–H and O–H groups in total. The molecule has 0 aliphatic heterocycles. The van der Waals surface area contributed by atoms with Crippen LogP contribution in [0.4, 0.5) is 4.79 Å². The van der Waals surface area contributed by atoms with Crippen molar-refractivity contribution >= 4 is 12.1 Å². The molecular formula is C11H17NO4. The molecule has 0 spiro atoms. The minimum absolute atomic E-state index is 0.0643. The van der Waals surface area contributed by atoms with Crippen molar-refractivity contribution in [3.05, 3.63) is 12.7 Å². The monoisotopic (exact) mass is 227 g/mol. The van der Waals surface area contributed by atoms with E-state index < -0.39 is 18.1 Å². The SMILES string of the molecule is C=CCOC(=O)NC(CC1(C)CC1)C(=O)O. The molecule has 90 valence electrons. The highest BCUT2D eigenvalue weighted by atomic mass is 16.5. The van der Waals surface area contributed by atoms with Crippen LogP contribution in [0.1, 0.15) is 26.2 Å². The lowest BCUT2D eigenvalue weighted by molar-refractivity contribution is -0.139. The molecule has 1 aliphatic rings. The predicted molar refractivity (Wildman–Crippen MR) is 58.1 cm³/mol. The summed E-state index contributed by atoms with van der Waals surface area (Å²) in [5.41, 5.74) is 0.0643. The molecule has 1 atom stereocenters. The second-order valence-corrected chi connectivity index (χ2v) is 4.44. The number of hydrogen-bond donors (Lipinski definition) is 2. The summed E-state index contributed by atoms with van der Waals surface area (Å²) in [6, 6.07) is -0.871. The molecule has 0 aromatic rings. The maximum absolute atomic E-state index is 11.2. The van der Waals surface area contributed by atoms with Crippen molar-refractivity contribution in [2.24, 2.45) is 5.41 Å². The number of ether oxygens (including phenoxy) is 1. The van der Waals surface area contributed by atoms with Crippen LogP contribution in [0, 0.1) is 5.41 Å². The van der Waals surface area contributed by atoms with Crippen molar-refractivity contribution in [1.82, 2.24) is 5.32 Å². The van der Waals surface area contributed by atoms with Crippen LogP contribution in [0.5, 0.6) is 0 Å². The Hall–Kier alpha value is -1.52. The zero-order valence-electron chi connectivity index (χ0n) is 9.36. The highest BCUT2D eigenvalue weighted by Crippen LogP contribution is 2.48. The lowest BCUT2D eigenvalue weighted by Gasteiger charge is -2.17. The van der Waals surface area contributed by atoms with Gasteiger partial charge in [-0.1, -0.05) is 19.6 Å². The number of alkyl carbamates (subject to hydrolysis) is 1. The van der Waals surface area contributed by atoms with E-state index in [1.54, 1.807) is 0 Å². The number of hydrogen-bond acceptors (Lipinski definition) is 3. The van der Waals surface area contributed by atoms with Crippen LogP contribution in [-0.2, 0) is 9.53 Å². The fourth-order valence-electron chi connectivity index (χ4n) is 1.43.